The van der Waals surface area contributed by atoms with Crippen LogP contribution in [0.2, 0.25) is 0 Å². The summed E-state index contributed by atoms with van der Waals surface area (Å²) in [5.41, 5.74) is 0.191. The summed E-state index contributed by atoms with van der Waals surface area (Å²) in [6.45, 7) is 0.928. The van der Waals surface area contributed by atoms with Gasteiger partial charge in [-0.2, -0.15) is 5.26 Å². The van der Waals surface area contributed by atoms with Gasteiger partial charge in [0.25, 0.3) is 5.82 Å². The molecule has 7 nitrogen and oxygen atoms in total. The van der Waals surface area contributed by atoms with Crippen molar-refractivity contribution in [2.24, 2.45) is 11.3 Å². The predicted octanol–water partition coefficient (Wildman–Crippen LogP) is 0.224. The minimum atomic E-state index is -0.0639. The Kier molecular flexibility index (Phi) is 2.76. The standard InChI is InChI=1S/C14H17N5O2/c15-6-10-16-8-19(18-10)7-11(20)17-12-9-2-5-21-13(9)14(12)3-1-4-14/h8-9,12-13H,1-5,7H2,(H,17,20). The Hall–Kier alpha value is -1.94. The molecular formula is C14H17N5O2. The Morgan fingerprint density at radius 2 is 2.48 bits per heavy atom. The number of carbonyl (C=O) groups excluding carboxylic acids is 1. The minimum absolute atomic E-state index is 0.0639. The van der Waals surface area contributed by atoms with Crippen LogP contribution in [-0.2, 0) is 16.1 Å². The van der Waals surface area contributed by atoms with Gasteiger partial charge in [-0.25, -0.2) is 9.67 Å². The molecule has 4 rings (SSSR count). The van der Waals surface area contributed by atoms with Crippen LogP contribution >= 0.6 is 0 Å². The van der Waals surface area contributed by atoms with E-state index in [-0.39, 0.29) is 29.7 Å². The lowest BCUT2D eigenvalue weighted by atomic mass is 9.46. The van der Waals surface area contributed by atoms with Crippen molar-refractivity contribution in [2.75, 3.05) is 6.61 Å². The van der Waals surface area contributed by atoms with Crippen LogP contribution in [0.4, 0.5) is 0 Å². The van der Waals surface area contributed by atoms with E-state index in [1.54, 1.807) is 0 Å². The van der Waals surface area contributed by atoms with Gasteiger partial charge in [0, 0.05) is 24.0 Å². The summed E-state index contributed by atoms with van der Waals surface area (Å²) in [6.07, 6.45) is 6.35. The molecule has 3 unspecified atom stereocenters. The molecule has 3 fully saturated rings. The first-order valence-electron chi connectivity index (χ1n) is 7.43. The monoisotopic (exact) mass is 287 g/mol. The van der Waals surface area contributed by atoms with Crippen LogP contribution in [0.1, 0.15) is 31.5 Å². The highest BCUT2D eigenvalue weighted by molar-refractivity contribution is 5.76. The van der Waals surface area contributed by atoms with Crippen molar-refractivity contribution in [3.05, 3.63) is 12.2 Å². The number of amides is 1. The molecule has 21 heavy (non-hydrogen) atoms. The van der Waals surface area contributed by atoms with E-state index < -0.39 is 0 Å². The van der Waals surface area contributed by atoms with Crippen molar-refractivity contribution in [3.8, 4) is 6.07 Å². The zero-order valence-corrected chi connectivity index (χ0v) is 11.7. The van der Waals surface area contributed by atoms with Gasteiger partial charge in [-0.3, -0.25) is 4.79 Å². The van der Waals surface area contributed by atoms with Gasteiger partial charge in [0.05, 0.1) is 6.10 Å². The topological polar surface area (TPSA) is 92.8 Å². The van der Waals surface area contributed by atoms with Crippen molar-refractivity contribution in [1.29, 1.82) is 5.26 Å². The first-order valence-corrected chi connectivity index (χ1v) is 7.43. The highest BCUT2D eigenvalue weighted by Gasteiger charge is 2.66. The third-order valence-corrected chi connectivity index (χ3v) is 5.29. The van der Waals surface area contributed by atoms with E-state index in [1.807, 2.05) is 6.07 Å². The Balaban J connectivity index is 1.41. The highest BCUT2D eigenvalue weighted by atomic mass is 16.5. The van der Waals surface area contributed by atoms with Crippen molar-refractivity contribution in [3.63, 3.8) is 0 Å². The van der Waals surface area contributed by atoms with Gasteiger partial charge in [-0.15, -0.1) is 5.10 Å². The van der Waals surface area contributed by atoms with Crippen molar-refractivity contribution in [1.82, 2.24) is 20.1 Å². The molecule has 1 aliphatic heterocycles. The van der Waals surface area contributed by atoms with Gasteiger partial charge in [-0.1, -0.05) is 6.42 Å². The molecule has 2 saturated carbocycles. The smallest absolute Gasteiger partial charge is 0.252 e. The van der Waals surface area contributed by atoms with E-state index in [2.05, 4.69) is 15.4 Å². The molecule has 1 N–H and O–H groups in total. The molecule has 3 atom stereocenters. The number of aromatic nitrogens is 3. The first kappa shape index (κ1) is 12.8. The summed E-state index contributed by atoms with van der Waals surface area (Å²) in [5, 5.41) is 15.8. The van der Waals surface area contributed by atoms with Crippen LogP contribution < -0.4 is 5.32 Å². The number of hydrogen-bond acceptors (Lipinski definition) is 5. The van der Waals surface area contributed by atoms with Crippen molar-refractivity contribution >= 4 is 5.91 Å². The lowest BCUT2D eigenvalue weighted by molar-refractivity contribution is -0.179. The fraction of sp³-hybridized carbons (Fsp3) is 0.714. The van der Waals surface area contributed by atoms with Crippen LogP contribution in [0.25, 0.3) is 0 Å². The van der Waals surface area contributed by atoms with Crippen LogP contribution in [0.3, 0.4) is 0 Å². The lowest BCUT2D eigenvalue weighted by Gasteiger charge is -2.63. The molecule has 1 amide bonds. The molecule has 7 heteroatoms. The maximum Gasteiger partial charge on any atom is 0.252 e. The molecule has 1 aromatic heterocycles. The maximum absolute atomic E-state index is 12.2. The summed E-state index contributed by atoms with van der Waals surface area (Å²) in [5.74, 6) is 0.497. The molecule has 1 aromatic rings. The van der Waals surface area contributed by atoms with E-state index in [0.29, 0.717) is 12.0 Å². The third-order valence-electron chi connectivity index (χ3n) is 5.29. The van der Waals surface area contributed by atoms with Gasteiger partial charge in [0.1, 0.15) is 18.9 Å². The molecule has 1 spiro atoms. The van der Waals surface area contributed by atoms with E-state index in [1.165, 1.54) is 17.4 Å². The fourth-order valence-corrected chi connectivity index (χ4v) is 4.24. The fourth-order valence-electron chi connectivity index (χ4n) is 4.24. The maximum atomic E-state index is 12.2. The zero-order chi connectivity index (χ0) is 14.4. The number of ether oxygens (including phenoxy) is 1. The molecular weight excluding hydrogens is 270 g/mol. The van der Waals surface area contributed by atoms with Gasteiger partial charge >= 0.3 is 0 Å². The van der Waals surface area contributed by atoms with Gasteiger partial charge in [0.2, 0.25) is 5.91 Å². The lowest BCUT2D eigenvalue weighted by Crippen LogP contribution is -2.71. The average molecular weight is 287 g/mol. The van der Waals surface area contributed by atoms with Gasteiger partial charge < -0.3 is 10.1 Å². The SMILES string of the molecule is N#Cc1ncn(CC(=O)NC2C3CCOC3C23CCC3)n1. The number of fused-ring (bicyclic) bond motifs is 2. The number of nitriles is 1. The quantitative estimate of drug-likeness (QED) is 0.858. The van der Waals surface area contributed by atoms with Gasteiger partial charge in [0.15, 0.2) is 0 Å². The average Bonchev–Trinajstić information content (AvgIpc) is 3.02. The summed E-state index contributed by atoms with van der Waals surface area (Å²) in [6, 6.07) is 2.09. The van der Waals surface area contributed by atoms with Crippen LogP contribution in [0, 0.1) is 22.7 Å². The highest BCUT2D eigenvalue weighted by Crippen LogP contribution is 2.62. The number of hydrogen-bond donors (Lipinski definition) is 1. The van der Waals surface area contributed by atoms with E-state index in [0.717, 1.165) is 25.9 Å². The second-order valence-corrected chi connectivity index (χ2v) is 6.25. The third kappa shape index (κ3) is 1.79. The molecule has 2 aliphatic carbocycles. The Morgan fingerprint density at radius 1 is 1.62 bits per heavy atom. The largest absolute Gasteiger partial charge is 0.377 e. The summed E-state index contributed by atoms with van der Waals surface area (Å²) in [7, 11) is 0. The van der Waals surface area contributed by atoms with E-state index in [9.17, 15) is 4.79 Å². The van der Waals surface area contributed by atoms with Crippen LogP contribution in [-0.4, -0.2) is 39.4 Å². The summed E-state index contributed by atoms with van der Waals surface area (Å²) >= 11 is 0. The molecule has 1 saturated heterocycles. The second kappa shape index (κ2) is 4.53. The Bertz CT molecular complexity index is 615. The van der Waals surface area contributed by atoms with Crippen LogP contribution in [0.5, 0.6) is 0 Å². The molecule has 0 radical (unpaired) electrons. The zero-order valence-electron chi connectivity index (χ0n) is 11.7. The summed E-state index contributed by atoms with van der Waals surface area (Å²) in [4.78, 5) is 16.0. The summed E-state index contributed by atoms with van der Waals surface area (Å²) < 4.78 is 7.25. The normalized spacial score (nSPS) is 31.9. The van der Waals surface area contributed by atoms with E-state index in [4.69, 9.17) is 10.00 Å². The van der Waals surface area contributed by atoms with Gasteiger partial charge in [-0.05, 0) is 19.3 Å². The molecule has 110 valence electrons. The molecule has 0 bridgehead atoms. The molecule has 0 aromatic carbocycles. The Labute approximate surface area is 122 Å². The molecule has 2 heterocycles. The molecule has 3 aliphatic rings. The minimum Gasteiger partial charge on any atom is -0.377 e. The number of carbonyl (C=O) groups is 1. The first-order chi connectivity index (χ1) is 10.2. The van der Waals surface area contributed by atoms with Crippen LogP contribution in [0.15, 0.2) is 6.33 Å². The predicted molar refractivity (Wildman–Crippen MR) is 70.8 cm³/mol. The number of rotatable bonds is 3. The van der Waals surface area contributed by atoms with Crippen molar-refractivity contribution < 1.29 is 9.53 Å². The second-order valence-electron chi connectivity index (χ2n) is 6.25. The number of nitrogens with one attached hydrogen (secondary N) is 1. The Morgan fingerprint density at radius 3 is 3.14 bits per heavy atom. The van der Waals surface area contributed by atoms with Crippen molar-refractivity contribution in [2.45, 2.75) is 44.4 Å². The number of nitrogens with zero attached hydrogens (tertiary/aromatic N) is 4. The van der Waals surface area contributed by atoms with E-state index >= 15 is 0 Å².